The number of benzene rings is 1. The second kappa shape index (κ2) is 6.08. The molecule has 1 aromatic carbocycles. The van der Waals surface area contributed by atoms with Gasteiger partial charge in [-0.1, -0.05) is 36.4 Å². The van der Waals surface area contributed by atoms with Gasteiger partial charge in [-0.25, -0.2) is 0 Å². The first-order chi connectivity index (χ1) is 9.93. The van der Waals surface area contributed by atoms with Gasteiger partial charge in [0.15, 0.2) is 0 Å². The SMILES string of the molecule is c1ccc(-c2n[nH]nc2CNCc2cccnc2)cc1. The van der Waals surface area contributed by atoms with E-state index in [-0.39, 0.29) is 0 Å². The van der Waals surface area contributed by atoms with Gasteiger partial charge in [0.25, 0.3) is 0 Å². The van der Waals surface area contributed by atoms with E-state index in [0.717, 1.165) is 29.1 Å². The van der Waals surface area contributed by atoms with E-state index in [1.54, 1.807) is 6.20 Å². The molecular weight excluding hydrogens is 250 g/mol. The third kappa shape index (κ3) is 2.89. The van der Waals surface area contributed by atoms with Crippen molar-refractivity contribution in [1.29, 1.82) is 0 Å². The van der Waals surface area contributed by atoms with Gasteiger partial charge in [-0.15, -0.1) is 0 Å². The first-order valence-corrected chi connectivity index (χ1v) is 6.48. The fourth-order valence-electron chi connectivity index (χ4n) is 2.03. The van der Waals surface area contributed by atoms with E-state index in [9.17, 15) is 0 Å². The molecule has 3 aromatic rings. The Morgan fingerprint density at radius 1 is 0.950 bits per heavy atom. The quantitative estimate of drug-likeness (QED) is 0.742. The maximum Gasteiger partial charge on any atom is 0.117 e. The molecule has 20 heavy (non-hydrogen) atoms. The lowest BCUT2D eigenvalue weighted by molar-refractivity contribution is 0.676. The third-order valence-corrected chi connectivity index (χ3v) is 3.01. The Morgan fingerprint density at radius 2 is 1.85 bits per heavy atom. The third-order valence-electron chi connectivity index (χ3n) is 3.01. The largest absolute Gasteiger partial charge is 0.307 e. The van der Waals surface area contributed by atoms with Crippen molar-refractivity contribution < 1.29 is 0 Å². The van der Waals surface area contributed by atoms with Crippen molar-refractivity contribution in [2.24, 2.45) is 0 Å². The number of aromatic amines is 1. The number of aromatic nitrogens is 4. The summed E-state index contributed by atoms with van der Waals surface area (Å²) in [6.07, 6.45) is 3.63. The van der Waals surface area contributed by atoms with Gasteiger partial charge in [0.05, 0.1) is 0 Å². The zero-order valence-corrected chi connectivity index (χ0v) is 11.0. The molecule has 0 unspecified atom stereocenters. The van der Waals surface area contributed by atoms with Crippen LogP contribution in [0.3, 0.4) is 0 Å². The summed E-state index contributed by atoms with van der Waals surface area (Å²) in [5, 5.41) is 14.5. The number of rotatable bonds is 5. The highest BCUT2D eigenvalue weighted by atomic mass is 15.3. The van der Waals surface area contributed by atoms with E-state index >= 15 is 0 Å². The minimum absolute atomic E-state index is 0.662. The minimum atomic E-state index is 0.662. The van der Waals surface area contributed by atoms with Crippen molar-refractivity contribution in [3.05, 3.63) is 66.1 Å². The summed E-state index contributed by atoms with van der Waals surface area (Å²) in [6, 6.07) is 14.0. The monoisotopic (exact) mass is 265 g/mol. The molecule has 3 rings (SSSR count). The van der Waals surface area contributed by atoms with Gasteiger partial charge < -0.3 is 5.32 Å². The Balaban J connectivity index is 1.66. The molecule has 0 amide bonds. The van der Waals surface area contributed by atoms with E-state index in [1.165, 1.54) is 0 Å². The maximum atomic E-state index is 4.22. The first-order valence-electron chi connectivity index (χ1n) is 6.48. The van der Waals surface area contributed by atoms with E-state index in [1.807, 2.05) is 48.7 Å². The van der Waals surface area contributed by atoms with Crippen LogP contribution < -0.4 is 5.32 Å². The summed E-state index contributed by atoms with van der Waals surface area (Å²) in [6.45, 7) is 1.42. The Hall–Kier alpha value is -2.53. The minimum Gasteiger partial charge on any atom is -0.307 e. The fourth-order valence-corrected chi connectivity index (χ4v) is 2.03. The fraction of sp³-hybridized carbons (Fsp3) is 0.133. The molecule has 2 heterocycles. The van der Waals surface area contributed by atoms with Crippen molar-refractivity contribution in [3.8, 4) is 11.3 Å². The average Bonchev–Trinajstić information content (AvgIpc) is 2.98. The van der Waals surface area contributed by atoms with Crippen molar-refractivity contribution in [2.45, 2.75) is 13.1 Å². The molecule has 0 aliphatic rings. The van der Waals surface area contributed by atoms with Crippen LogP contribution in [0.2, 0.25) is 0 Å². The molecule has 0 radical (unpaired) electrons. The average molecular weight is 265 g/mol. The van der Waals surface area contributed by atoms with Gasteiger partial charge in [0.1, 0.15) is 11.4 Å². The van der Waals surface area contributed by atoms with Gasteiger partial charge in [-0.05, 0) is 11.6 Å². The predicted molar refractivity (Wildman–Crippen MR) is 76.6 cm³/mol. The van der Waals surface area contributed by atoms with E-state index in [0.29, 0.717) is 6.54 Å². The zero-order chi connectivity index (χ0) is 13.6. The summed E-state index contributed by atoms with van der Waals surface area (Å²) in [5.41, 5.74) is 4.03. The summed E-state index contributed by atoms with van der Waals surface area (Å²) in [7, 11) is 0. The van der Waals surface area contributed by atoms with Gasteiger partial charge >= 0.3 is 0 Å². The van der Waals surface area contributed by atoms with Gasteiger partial charge in [-0.2, -0.15) is 15.4 Å². The lowest BCUT2D eigenvalue weighted by Gasteiger charge is -2.04. The van der Waals surface area contributed by atoms with Crippen LogP contribution in [0.25, 0.3) is 11.3 Å². The van der Waals surface area contributed by atoms with Crippen molar-refractivity contribution in [1.82, 2.24) is 25.7 Å². The summed E-state index contributed by atoms with van der Waals surface area (Å²) >= 11 is 0. The van der Waals surface area contributed by atoms with Crippen LogP contribution in [0.4, 0.5) is 0 Å². The number of nitrogens with one attached hydrogen (secondary N) is 2. The number of hydrogen-bond donors (Lipinski definition) is 2. The van der Waals surface area contributed by atoms with Crippen LogP contribution in [0.1, 0.15) is 11.3 Å². The van der Waals surface area contributed by atoms with E-state index < -0.39 is 0 Å². The Kier molecular flexibility index (Phi) is 3.80. The molecule has 5 heteroatoms. The van der Waals surface area contributed by atoms with Crippen LogP contribution in [0, 0.1) is 0 Å². The Bertz CT molecular complexity index is 648. The second-order valence-electron chi connectivity index (χ2n) is 4.45. The van der Waals surface area contributed by atoms with E-state index in [2.05, 4.69) is 25.7 Å². The highest BCUT2D eigenvalue weighted by molar-refractivity contribution is 5.60. The Labute approximate surface area is 117 Å². The molecule has 0 atom stereocenters. The maximum absolute atomic E-state index is 4.22. The second-order valence-corrected chi connectivity index (χ2v) is 4.45. The van der Waals surface area contributed by atoms with Crippen molar-refractivity contribution in [2.75, 3.05) is 0 Å². The topological polar surface area (TPSA) is 66.5 Å². The summed E-state index contributed by atoms with van der Waals surface area (Å²) in [4.78, 5) is 4.09. The molecule has 0 saturated heterocycles. The highest BCUT2D eigenvalue weighted by Gasteiger charge is 2.09. The highest BCUT2D eigenvalue weighted by Crippen LogP contribution is 2.18. The molecule has 2 aromatic heterocycles. The predicted octanol–water partition coefficient (Wildman–Crippen LogP) is 2.16. The molecule has 0 aliphatic heterocycles. The van der Waals surface area contributed by atoms with Crippen LogP contribution >= 0.6 is 0 Å². The van der Waals surface area contributed by atoms with E-state index in [4.69, 9.17) is 0 Å². The van der Waals surface area contributed by atoms with Crippen LogP contribution in [0.15, 0.2) is 54.9 Å². The lowest BCUT2D eigenvalue weighted by Crippen LogP contribution is -2.13. The molecule has 100 valence electrons. The summed E-state index contributed by atoms with van der Waals surface area (Å²) < 4.78 is 0. The number of pyridine rings is 1. The number of nitrogens with zero attached hydrogens (tertiary/aromatic N) is 3. The summed E-state index contributed by atoms with van der Waals surface area (Å²) in [5.74, 6) is 0. The standard InChI is InChI=1S/C15H15N5/c1-2-6-13(7-3-1)15-14(18-20-19-15)11-17-10-12-5-4-8-16-9-12/h1-9,17H,10-11H2,(H,18,19,20). The van der Waals surface area contributed by atoms with Crippen LogP contribution in [-0.4, -0.2) is 20.4 Å². The molecule has 0 fully saturated rings. The van der Waals surface area contributed by atoms with Crippen LogP contribution in [-0.2, 0) is 13.1 Å². The smallest absolute Gasteiger partial charge is 0.117 e. The number of H-pyrrole nitrogens is 1. The van der Waals surface area contributed by atoms with Gasteiger partial charge in [-0.3, -0.25) is 4.98 Å². The molecule has 0 aliphatic carbocycles. The van der Waals surface area contributed by atoms with Gasteiger partial charge in [0.2, 0.25) is 0 Å². The normalized spacial score (nSPS) is 10.6. The molecule has 0 spiro atoms. The molecule has 2 N–H and O–H groups in total. The zero-order valence-electron chi connectivity index (χ0n) is 11.0. The molecule has 5 nitrogen and oxygen atoms in total. The van der Waals surface area contributed by atoms with Gasteiger partial charge in [0, 0.05) is 31.0 Å². The van der Waals surface area contributed by atoms with Crippen LogP contribution in [0.5, 0.6) is 0 Å². The number of hydrogen-bond acceptors (Lipinski definition) is 4. The lowest BCUT2D eigenvalue weighted by atomic mass is 10.1. The van der Waals surface area contributed by atoms with Crippen molar-refractivity contribution >= 4 is 0 Å². The molecular formula is C15H15N5. The van der Waals surface area contributed by atoms with Crippen molar-refractivity contribution in [3.63, 3.8) is 0 Å². The molecule has 0 saturated carbocycles. The molecule has 0 bridgehead atoms. The first kappa shape index (κ1) is 12.5. The Morgan fingerprint density at radius 3 is 2.65 bits per heavy atom.